The number of halogens is 3. The third-order valence-corrected chi connectivity index (χ3v) is 6.07. The number of carbonyl (C=O) groups is 2. The zero-order valence-corrected chi connectivity index (χ0v) is 17.9. The Balaban J connectivity index is 0.000000383. The van der Waals surface area contributed by atoms with Crippen LogP contribution in [0.3, 0.4) is 0 Å². The highest BCUT2D eigenvalue weighted by atomic mass is 19.4. The van der Waals surface area contributed by atoms with Gasteiger partial charge in [0.25, 0.3) is 0 Å². The van der Waals surface area contributed by atoms with E-state index in [1.807, 2.05) is 30.3 Å². The molecule has 1 saturated heterocycles. The van der Waals surface area contributed by atoms with E-state index in [9.17, 15) is 23.1 Å². The molecule has 2 aliphatic rings. The molecule has 4 rings (SSSR count). The van der Waals surface area contributed by atoms with Crippen LogP contribution < -0.4 is 0 Å². The van der Waals surface area contributed by atoms with Crippen LogP contribution in [0.25, 0.3) is 0 Å². The first-order chi connectivity index (χ1) is 15.6. The first-order valence-electron chi connectivity index (χ1n) is 10.6. The van der Waals surface area contributed by atoms with Gasteiger partial charge in [-0.2, -0.15) is 13.2 Å². The molecule has 2 aromatic rings. The van der Waals surface area contributed by atoms with Gasteiger partial charge in [-0.3, -0.25) is 4.79 Å². The maximum atomic E-state index is 11.7. The Morgan fingerprint density at radius 1 is 1.00 bits per heavy atom. The number of alkyl halides is 3. The Hall–Kier alpha value is -2.91. The van der Waals surface area contributed by atoms with Crippen molar-refractivity contribution in [3.05, 3.63) is 71.3 Å². The molecule has 6 nitrogen and oxygen atoms in total. The van der Waals surface area contributed by atoms with Crippen LogP contribution in [0.1, 0.15) is 29.5 Å². The number of hydrogen-bond acceptors (Lipinski definition) is 4. The SMILES string of the molecule is O=C(O)C(Cc1ccccc1)CN1CCC2(CC1)OCc1ccccc12.O=C(O)C(F)(F)F. The van der Waals surface area contributed by atoms with Crippen molar-refractivity contribution >= 4 is 11.9 Å². The molecule has 0 bridgehead atoms. The van der Waals surface area contributed by atoms with Crippen molar-refractivity contribution in [2.75, 3.05) is 19.6 Å². The van der Waals surface area contributed by atoms with E-state index >= 15 is 0 Å². The molecule has 2 heterocycles. The Morgan fingerprint density at radius 3 is 2.15 bits per heavy atom. The molecule has 178 valence electrons. The van der Waals surface area contributed by atoms with E-state index in [1.165, 1.54) is 11.1 Å². The minimum absolute atomic E-state index is 0.161. The second kappa shape index (κ2) is 10.4. The highest BCUT2D eigenvalue weighted by Crippen LogP contribution is 2.44. The third-order valence-electron chi connectivity index (χ3n) is 6.07. The number of benzene rings is 2. The third kappa shape index (κ3) is 6.33. The van der Waals surface area contributed by atoms with Gasteiger partial charge >= 0.3 is 18.1 Å². The van der Waals surface area contributed by atoms with Crippen molar-refractivity contribution in [3.8, 4) is 0 Å². The molecule has 0 saturated carbocycles. The van der Waals surface area contributed by atoms with Gasteiger partial charge in [-0.05, 0) is 36.0 Å². The summed E-state index contributed by atoms with van der Waals surface area (Å²) in [7, 11) is 0. The second-order valence-electron chi connectivity index (χ2n) is 8.27. The average Bonchev–Trinajstić information content (AvgIpc) is 3.14. The van der Waals surface area contributed by atoms with Crippen LogP contribution in [0.5, 0.6) is 0 Å². The number of hydrogen-bond donors (Lipinski definition) is 2. The van der Waals surface area contributed by atoms with Crippen molar-refractivity contribution in [1.29, 1.82) is 0 Å². The maximum Gasteiger partial charge on any atom is 0.490 e. The van der Waals surface area contributed by atoms with E-state index in [0.29, 0.717) is 19.6 Å². The normalized spacial score (nSPS) is 18.2. The standard InChI is InChI=1S/C22H25NO3.C2HF3O2/c24-21(25)19(14-17-6-2-1-3-7-17)15-23-12-10-22(11-13-23)20-9-5-4-8-18(20)16-26-22;3-2(4,5)1(6)7/h1-9,19H,10-16H2,(H,24,25);(H,6,7). The van der Waals surface area contributed by atoms with Crippen LogP contribution >= 0.6 is 0 Å². The Kier molecular flexibility index (Phi) is 7.76. The minimum atomic E-state index is -5.08. The molecule has 1 unspecified atom stereocenters. The summed E-state index contributed by atoms with van der Waals surface area (Å²) in [6.07, 6.45) is -2.64. The lowest BCUT2D eigenvalue weighted by molar-refractivity contribution is -0.192. The van der Waals surface area contributed by atoms with Crippen LogP contribution in [0, 0.1) is 5.92 Å². The van der Waals surface area contributed by atoms with Crippen LogP contribution in [-0.4, -0.2) is 52.9 Å². The number of nitrogens with zero attached hydrogens (tertiary/aromatic N) is 1. The van der Waals surface area contributed by atoms with Gasteiger partial charge in [0.05, 0.1) is 18.1 Å². The monoisotopic (exact) mass is 465 g/mol. The van der Waals surface area contributed by atoms with Crippen molar-refractivity contribution < 1.29 is 37.7 Å². The van der Waals surface area contributed by atoms with E-state index in [-0.39, 0.29) is 11.5 Å². The van der Waals surface area contributed by atoms with Crippen LogP contribution in [0.15, 0.2) is 54.6 Å². The molecule has 1 fully saturated rings. The number of rotatable bonds is 5. The fourth-order valence-corrected chi connectivity index (χ4v) is 4.34. The number of carboxylic acids is 2. The molecule has 1 atom stereocenters. The maximum absolute atomic E-state index is 11.7. The molecule has 33 heavy (non-hydrogen) atoms. The molecule has 2 N–H and O–H groups in total. The Morgan fingerprint density at radius 2 is 1.58 bits per heavy atom. The summed E-state index contributed by atoms with van der Waals surface area (Å²) >= 11 is 0. The first-order valence-corrected chi connectivity index (χ1v) is 10.6. The molecule has 2 aromatic carbocycles. The van der Waals surface area contributed by atoms with E-state index in [4.69, 9.17) is 14.6 Å². The zero-order valence-electron chi connectivity index (χ0n) is 17.9. The van der Waals surface area contributed by atoms with Crippen LogP contribution in [0.4, 0.5) is 13.2 Å². The van der Waals surface area contributed by atoms with Gasteiger partial charge in [0.15, 0.2) is 0 Å². The van der Waals surface area contributed by atoms with Gasteiger partial charge in [0.1, 0.15) is 0 Å². The first kappa shape index (κ1) is 24.7. The molecular formula is C24H26F3NO5. The predicted molar refractivity (Wildman–Crippen MR) is 114 cm³/mol. The molecule has 9 heteroatoms. The van der Waals surface area contributed by atoms with Gasteiger partial charge in [0, 0.05) is 19.6 Å². The van der Waals surface area contributed by atoms with Gasteiger partial charge < -0.3 is 19.8 Å². The molecule has 2 aliphatic heterocycles. The fraction of sp³-hybridized carbons (Fsp3) is 0.417. The molecule has 0 radical (unpaired) electrons. The Bertz CT molecular complexity index is 956. The van der Waals surface area contributed by atoms with Crippen molar-refractivity contribution in [2.45, 2.75) is 37.6 Å². The molecule has 0 aromatic heterocycles. The van der Waals surface area contributed by atoms with E-state index < -0.39 is 18.1 Å². The lowest BCUT2D eigenvalue weighted by atomic mass is 9.83. The lowest BCUT2D eigenvalue weighted by Gasteiger charge is -2.40. The Labute approximate surface area is 189 Å². The summed E-state index contributed by atoms with van der Waals surface area (Å²) in [6.45, 7) is 3.06. The second-order valence-corrected chi connectivity index (χ2v) is 8.27. The van der Waals surface area contributed by atoms with Crippen molar-refractivity contribution in [2.24, 2.45) is 5.92 Å². The highest BCUT2D eigenvalue weighted by Gasteiger charge is 2.42. The number of aliphatic carboxylic acids is 2. The number of ether oxygens (including phenoxy) is 1. The van der Waals surface area contributed by atoms with Gasteiger partial charge in [-0.25, -0.2) is 4.79 Å². The van der Waals surface area contributed by atoms with Gasteiger partial charge in [-0.1, -0.05) is 54.6 Å². The van der Waals surface area contributed by atoms with Crippen LogP contribution in [0.2, 0.25) is 0 Å². The quantitative estimate of drug-likeness (QED) is 0.692. The van der Waals surface area contributed by atoms with E-state index in [0.717, 1.165) is 31.5 Å². The zero-order chi connectivity index (χ0) is 24.1. The number of fused-ring (bicyclic) bond motifs is 2. The molecule has 0 amide bonds. The average molecular weight is 465 g/mol. The minimum Gasteiger partial charge on any atom is -0.481 e. The number of piperidine rings is 1. The molecular weight excluding hydrogens is 439 g/mol. The summed E-state index contributed by atoms with van der Waals surface area (Å²) in [5.41, 5.74) is 3.55. The van der Waals surface area contributed by atoms with Crippen molar-refractivity contribution in [3.63, 3.8) is 0 Å². The van der Waals surface area contributed by atoms with E-state index in [2.05, 4.69) is 29.2 Å². The molecule has 0 aliphatic carbocycles. The number of carboxylic acid groups (broad SMARTS) is 2. The summed E-state index contributed by atoms with van der Waals surface area (Å²) in [5.74, 6) is -3.84. The van der Waals surface area contributed by atoms with Gasteiger partial charge in [-0.15, -0.1) is 0 Å². The van der Waals surface area contributed by atoms with E-state index in [1.54, 1.807) is 0 Å². The smallest absolute Gasteiger partial charge is 0.481 e. The van der Waals surface area contributed by atoms with Gasteiger partial charge in [0.2, 0.25) is 0 Å². The van der Waals surface area contributed by atoms with Crippen LogP contribution in [-0.2, 0) is 33.0 Å². The predicted octanol–water partition coefficient (Wildman–Crippen LogP) is 4.08. The van der Waals surface area contributed by atoms with Crippen molar-refractivity contribution in [1.82, 2.24) is 4.90 Å². The number of likely N-dealkylation sites (tertiary alicyclic amines) is 1. The largest absolute Gasteiger partial charge is 0.490 e. The summed E-state index contributed by atoms with van der Waals surface area (Å²) in [6, 6.07) is 18.4. The summed E-state index contributed by atoms with van der Waals surface area (Å²) in [5, 5.41) is 16.8. The lowest BCUT2D eigenvalue weighted by Crippen LogP contribution is -2.45. The summed E-state index contributed by atoms with van der Waals surface area (Å²) < 4.78 is 37.9. The molecule has 1 spiro atoms. The topological polar surface area (TPSA) is 87.1 Å². The fourth-order valence-electron chi connectivity index (χ4n) is 4.34. The summed E-state index contributed by atoms with van der Waals surface area (Å²) in [4.78, 5) is 22.9. The highest BCUT2D eigenvalue weighted by molar-refractivity contribution is 5.73.